The standard InChI is InChI=1S/C19H27N5O/c1-8-14(9-2)15-10-11(3)22-24-16(12(4)20-18(15)24)17-13(5)21-19(25-17)23(6)7/h10,14H,8-9H2,1-7H3. The first-order valence-electron chi connectivity index (χ1n) is 8.89. The van der Waals surface area contributed by atoms with Gasteiger partial charge < -0.3 is 9.32 Å². The Labute approximate surface area is 148 Å². The molecule has 0 aliphatic rings. The maximum atomic E-state index is 6.02. The summed E-state index contributed by atoms with van der Waals surface area (Å²) in [6.45, 7) is 10.4. The number of nitrogens with zero attached hydrogens (tertiary/aromatic N) is 5. The van der Waals surface area contributed by atoms with Crippen LogP contribution < -0.4 is 4.90 Å². The summed E-state index contributed by atoms with van der Waals surface area (Å²) in [6, 6.07) is 2.76. The molecule has 0 N–H and O–H groups in total. The van der Waals surface area contributed by atoms with Crippen molar-refractivity contribution in [3.8, 4) is 11.5 Å². The molecule has 0 saturated heterocycles. The van der Waals surface area contributed by atoms with Crippen molar-refractivity contribution in [3.63, 3.8) is 0 Å². The molecule has 0 radical (unpaired) electrons. The Kier molecular flexibility index (Phi) is 4.54. The van der Waals surface area contributed by atoms with Crippen LogP contribution in [0.3, 0.4) is 0 Å². The lowest BCUT2D eigenvalue weighted by Gasteiger charge is -2.14. The highest BCUT2D eigenvalue weighted by Gasteiger charge is 2.23. The van der Waals surface area contributed by atoms with Crippen molar-refractivity contribution in [3.05, 3.63) is 28.7 Å². The smallest absolute Gasteiger partial charge is 0.297 e. The van der Waals surface area contributed by atoms with E-state index in [1.54, 1.807) is 0 Å². The average molecular weight is 341 g/mol. The van der Waals surface area contributed by atoms with Crippen molar-refractivity contribution in [2.24, 2.45) is 0 Å². The third-order valence-electron chi connectivity index (χ3n) is 4.72. The molecule has 0 fully saturated rings. The van der Waals surface area contributed by atoms with E-state index in [2.05, 4.69) is 24.9 Å². The minimum atomic E-state index is 0.479. The molecule has 25 heavy (non-hydrogen) atoms. The molecule has 134 valence electrons. The molecule has 6 nitrogen and oxygen atoms in total. The minimum absolute atomic E-state index is 0.479. The van der Waals surface area contributed by atoms with Crippen LogP contribution in [-0.2, 0) is 0 Å². The molecular weight excluding hydrogens is 314 g/mol. The quantitative estimate of drug-likeness (QED) is 0.693. The molecule has 0 aromatic carbocycles. The first kappa shape index (κ1) is 17.5. The van der Waals surface area contributed by atoms with Gasteiger partial charge in [0.1, 0.15) is 5.69 Å². The fourth-order valence-corrected chi connectivity index (χ4v) is 3.36. The zero-order valence-corrected chi connectivity index (χ0v) is 16.2. The van der Waals surface area contributed by atoms with E-state index in [0.29, 0.717) is 11.9 Å². The first-order chi connectivity index (χ1) is 11.9. The monoisotopic (exact) mass is 341 g/mol. The zero-order valence-electron chi connectivity index (χ0n) is 16.2. The molecule has 0 amide bonds. The summed E-state index contributed by atoms with van der Waals surface area (Å²) >= 11 is 0. The highest BCUT2D eigenvalue weighted by atomic mass is 16.4. The van der Waals surface area contributed by atoms with Gasteiger partial charge in [-0.3, -0.25) is 0 Å². The molecule has 0 unspecified atom stereocenters. The van der Waals surface area contributed by atoms with E-state index in [4.69, 9.17) is 14.5 Å². The second-order valence-electron chi connectivity index (χ2n) is 6.84. The van der Waals surface area contributed by atoms with E-state index in [1.807, 2.05) is 44.3 Å². The van der Waals surface area contributed by atoms with Gasteiger partial charge >= 0.3 is 0 Å². The van der Waals surface area contributed by atoms with Gasteiger partial charge in [-0.05, 0) is 45.6 Å². The normalized spacial score (nSPS) is 11.7. The molecule has 0 bridgehead atoms. The molecule has 0 aliphatic carbocycles. The van der Waals surface area contributed by atoms with Gasteiger partial charge in [-0.25, -0.2) is 9.50 Å². The average Bonchev–Trinajstić information content (AvgIpc) is 3.08. The third kappa shape index (κ3) is 2.90. The number of hydrogen-bond acceptors (Lipinski definition) is 5. The Morgan fingerprint density at radius 3 is 2.32 bits per heavy atom. The number of aromatic nitrogens is 4. The van der Waals surface area contributed by atoms with Gasteiger partial charge in [0.25, 0.3) is 6.01 Å². The fourth-order valence-electron chi connectivity index (χ4n) is 3.36. The van der Waals surface area contributed by atoms with Crippen molar-refractivity contribution in [2.75, 3.05) is 19.0 Å². The number of hydrogen-bond donors (Lipinski definition) is 0. The fraction of sp³-hybridized carbons (Fsp3) is 0.526. The number of fused-ring (bicyclic) bond motifs is 1. The van der Waals surface area contributed by atoms with Crippen LogP contribution in [0.2, 0.25) is 0 Å². The molecule has 0 aliphatic heterocycles. The van der Waals surface area contributed by atoms with Crippen LogP contribution in [0, 0.1) is 20.8 Å². The SMILES string of the molecule is CCC(CC)c1cc(C)nn2c(-c3oc(N(C)C)nc3C)c(C)nc12. The van der Waals surface area contributed by atoms with E-state index in [-0.39, 0.29) is 0 Å². The lowest BCUT2D eigenvalue weighted by atomic mass is 9.95. The van der Waals surface area contributed by atoms with E-state index < -0.39 is 0 Å². The minimum Gasteiger partial charge on any atom is -0.421 e. The molecule has 0 atom stereocenters. The number of oxazole rings is 1. The van der Waals surface area contributed by atoms with Crippen molar-refractivity contribution in [1.29, 1.82) is 0 Å². The Balaban J connectivity index is 2.29. The predicted molar refractivity (Wildman–Crippen MR) is 100 cm³/mol. The highest BCUT2D eigenvalue weighted by molar-refractivity contribution is 5.66. The summed E-state index contributed by atoms with van der Waals surface area (Å²) in [4.78, 5) is 11.2. The lowest BCUT2D eigenvalue weighted by molar-refractivity contribution is 0.564. The number of rotatable bonds is 5. The van der Waals surface area contributed by atoms with Crippen molar-refractivity contribution < 1.29 is 4.42 Å². The Hall–Kier alpha value is -2.37. The van der Waals surface area contributed by atoms with Crippen LogP contribution in [0.1, 0.15) is 55.3 Å². The summed E-state index contributed by atoms with van der Waals surface area (Å²) in [6.07, 6.45) is 2.17. The van der Waals surface area contributed by atoms with Gasteiger partial charge in [0.15, 0.2) is 11.4 Å². The molecule has 3 aromatic rings. The zero-order chi connectivity index (χ0) is 18.3. The van der Waals surface area contributed by atoms with Crippen LogP contribution in [-0.4, -0.2) is 33.7 Å². The van der Waals surface area contributed by atoms with Gasteiger partial charge in [0.05, 0.1) is 17.1 Å². The summed E-state index contributed by atoms with van der Waals surface area (Å²) in [5, 5.41) is 4.73. The van der Waals surface area contributed by atoms with Crippen LogP contribution in [0.5, 0.6) is 0 Å². The van der Waals surface area contributed by atoms with Crippen molar-refractivity contribution >= 4 is 11.7 Å². The Morgan fingerprint density at radius 2 is 1.76 bits per heavy atom. The van der Waals surface area contributed by atoms with Gasteiger partial charge in [0.2, 0.25) is 0 Å². The summed E-state index contributed by atoms with van der Waals surface area (Å²) < 4.78 is 7.95. The summed E-state index contributed by atoms with van der Waals surface area (Å²) in [7, 11) is 3.84. The number of aryl methyl sites for hydroxylation is 3. The Morgan fingerprint density at radius 1 is 1.08 bits per heavy atom. The van der Waals surface area contributed by atoms with E-state index in [9.17, 15) is 0 Å². The lowest BCUT2D eigenvalue weighted by Crippen LogP contribution is -2.08. The van der Waals surface area contributed by atoms with Gasteiger partial charge in [-0.2, -0.15) is 10.1 Å². The molecule has 0 saturated carbocycles. The van der Waals surface area contributed by atoms with Crippen molar-refractivity contribution in [1.82, 2.24) is 19.6 Å². The van der Waals surface area contributed by atoms with Crippen LogP contribution in [0.4, 0.5) is 6.01 Å². The second-order valence-corrected chi connectivity index (χ2v) is 6.84. The van der Waals surface area contributed by atoms with Crippen LogP contribution >= 0.6 is 0 Å². The molecular formula is C19H27N5O. The molecule has 6 heteroatoms. The van der Waals surface area contributed by atoms with E-state index >= 15 is 0 Å². The Bertz CT molecular complexity index is 902. The first-order valence-corrected chi connectivity index (χ1v) is 8.89. The molecule has 3 heterocycles. The number of imidazole rings is 1. The topological polar surface area (TPSA) is 59.5 Å². The molecule has 3 aromatic heterocycles. The van der Waals surface area contributed by atoms with Crippen LogP contribution in [0.15, 0.2) is 10.5 Å². The van der Waals surface area contributed by atoms with Crippen LogP contribution in [0.25, 0.3) is 17.1 Å². The van der Waals surface area contributed by atoms with Gasteiger partial charge in [-0.1, -0.05) is 13.8 Å². The van der Waals surface area contributed by atoms with Gasteiger partial charge in [-0.15, -0.1) is 0 Å². The van der Waals surface area contributed by atoms with Gasteiger partial charge in [0, 0.05) is 19.7 Å². The van der Waals surface area contributed by atoms with E-state index in [1.165, 1.54) is 5.56 Å². The molecule has 0 spiro atoms. The molecule has 3 rings (SSSR count). The summed E-state index contributed by atoms with van der Waals surface area (Å²) in [5.74, 6) is 1.22. The predicted octanol–water partition coefficient (Wildman–Crippen LogP) is 4.28. The largest absolute Gasteiger partial charge is 0.421 e. The summed E-state index contributed by atoms with van der Waals surface area (Å²) in [5.41, 5.74) is 5.82. The maximum Gasteiger partial charge on any atom is 0.297 e. The van der Waals surface area contributed by atoms with E-state index in [0.717, 1.165) is 47.0 Å². The highest BCUT2D eigenvalue weighted by Crippen LogP contribution is 2.34. The third-order valence-corrected chi connectivity index (χ3v) is 4.72. The second kappa shape index (κ2) is 6.50. The number of anilines is 1. The maximum absolute atomic E-state index is 6.02. The van der Waals surface area contributed by atoms with Crippen molar-refractivity contribution in [2.45, 2.75) is 53.4 Å².